The number of para-hydroxylation sites is 1. The number of nitrogens with zero attached hydrogens (tertiary/aromatic N) is 2. The van der Waals surface area contributed by atoms with Crippen LogP contribution >= 0.6 is 0 Å². The van der Waals surface area contributed by atoms with Gasteiger partial charge in [-0.05, 0) is 24.1 Å². The second-order valence-electron chi connectivity index (χ2n) is 4.82. The molecule has 0 aliphatic heterocycles. The fraction of sp³-hybridized carbons (Fsp3) is 0.250. The summed E-state index contributed by atoms with van der Waals surface area (Å²) in [6, 6.07) is 8.61. The molecule has 0 radical (unpaired) electrons. The Morgan fingerprint density at radius 2 is 2.10 bits per heavy atom. The molecule has 2 rings (SSSR count). The van der Waals surface area contributed by atoms with E-state index < -0.39 is 5.82 Å². The Morgan fingerprint density at radius 1 is 1.33 bits per heavy atom. The van der Waals surface area contributed by atoms with Crippen molar-refractivity contribution in [2.45, 2.75) is 19.9 Å². The molecular formula is C16H18FN3O. The van der Waals surface area contributed by atoms with Crippen LogP contribution in [0.1, 0.15) is 29.3 Å². The Kier molecular flexibility index (Phi) is 4.87. The predicted molar refractivity (Wildman–Crippen MR) is 80.1 cm³/mol. The molecular weight excluding hydrogens is 269 g/mol. The number of carbonyl (C=O) groups excluding carboxylic acids is 1. The third-order valence-electron chi connectivity index (χ3n) is 3.15. The summed E-state index contributed by atoms with van der Waals surface area (Å²) in [6.45, 7) is 2.96. The van der Waals surface area contributed by atoms with Gasteiger partial charge in [0.25, 0.3) is 5.91 Å². The average Bonchev–Trinajstić information content (AvgIpc) is 2.48. The Labute approximate surface area is 123 Å². The largest absolute Gasteiger partial charge is 0.398 e. The minimum absolute atomic E-state index is 0.243. The van der Waals surface area contributed by atoms with Gasteiger partial charge in [-0.1, -0.05) is 25.1 Å². The molecule has 2 N–H and O–H groups in total. The van der Waals surface area contributed by atoms with Crippen LogP contribution in [-0.2, 0) is 6.54 Å². The number of halogens is 1. The molecule has 0 bridgehead atoms. The summed E-state index contributed by atoms with van der Waals surface area (Å²) in [6.07, 6.45) is 3.26. The van der Waals surface area contributed by atoms with Crippen molar-refractivity contribution in [3.63, 3.8) is 0 Å². The minimum atomic E-state index is -0.517. The molecule has 1 heterocycles. The smallest absolute Gasteiger partial charge is 0.255 e. The number of nitrogen functional groups attached to an aromatic ring is 1. The molecule has 0 saturated carbocycles. The first-order valence-electron chi connectivity index (χ1n) is 6.85. The molecule has 0 saturated heterocycles. The van der Waals surface area contributed by atoms with E-state index in [4.69, 9.17) is 5.73 Å². The SMILES string of the molecule is CCCN(Cc1ccccc1N)C(=O)c1cncc(F)c1. The Bertz CT molecular complexity index is 630. The number of carbonyl (C=O) groups is 1. The molecule has 0 unspecified atom stereocenters. The second-order valence-corrected chi connectivity index (χ2v) is 4.82. The third kappa shape index (κ3) is 3.78. The maximum atomic E-state index is 13.2. The van der Waals surface area contributed by atoms with Crippen molar-refractivity contribution in [3.8, 4) is 0 Å². The van der Waals surface area contributed by atoms with Crippen LogP contribution in [0.5, 0.6) is 0 Å². The van der Waals surface area contributed by atoms with Gasteiger partial charge in [0.15, 0.2) is 0 Å². The lowest BCUT2D eigenvalue weighted by Crippen LogP contribution is -2.31. The number of aromatic nitrogens is 1. The summed E-state index contributed by atoms with van der Waals surface area (Å²) in [5.74, 6) is -0.761. The molecule has 0 atom stereocenters. The van der Waals surface area contributed by atoms with E-state index in [0.29, 0.717) is 18.8 Å². The lowest BCUT2D eigenvalue weighted by atomic mass is 10.1. The monoisotopic (exact) mass is 287 g/mol. The third-order valence-corrected chi connectivity index (χ3v) is 3.15. The summed E-state index contributed by atoms with van der Waals surface area (Å²) in [5, 5.41) is 0. The van der Waals surface area contributed by atoms with Gasteiger partial charge in [0, 0.05) is 25.0 Å². The van der Waals surface area contributed by atoms with Crippen molar-refractivity contribution in [2.75, 3.05) is 12.3 Å². The molecule has 110 valence electrons. The first kappa shape index (κ1) is 15.0. The van der Waals surface area contributed by atoms with E-state index in [1.807, 2.05) is 25.1 Å². The molecule has 0 fully saturated rings. The van der Waals surface area contributed by atoms with Crippen LogP contribution < -0.4 is 5.73 Å². The molecule has 1 amide bonds. The van der Waals surface area contributed by atoms with Gasteiger partial charge < -0.3 is 10.6 Å². The summed E-state index contributed by atoms with van der Waals surface area (Å²) < 4.78 is 13.2. The number of rotatable bonds is 5. The Morgan fingerprint density at radius 3 is 2.76 bits per heavy atom. The quantitative estimate of drug-likeness (QED) is 0.860. The van der Waals surface area contributed by atoms with E-state index in [0.717, 1.165) is 18.2 Å². The van der Waals surface area contributed by atoms with Crippen LogP contribution in [0.2, 0.25) is 0 Å². The van der Waals surface area contributed by atoms with E-state index >= 15 is 0 Å². The molecule has 1 aromatic heterocycles. The number of anilines is 1. The van der Waals surface area contributed by atoms with Gasteiger partial charge in [-0.25, -0.2) is 4.39 Å². The fourth-order valence-electron chi connectivity index (χ4n) is 2.12. The molecule has 0 spiro atoms. The van der Waals surface area contributed by atoms with E-state index in [1.165, 1.54) is 12.3 Å². The molecule has 5 heteroatoms. The lowest BCUT2D eigenvalue weighted by Gasteiger charge is -2.23. The fourth-order valence-corrected chi connectivity index (χ4v) is 2.12. The zero-order valence-electron chi connectivity index (χ0n) is 11.9. The summed E-state index contributed by atoms with van der Waals surface area (Å²) in [5.41, 5.74) is 7.69. The van der Waals surface area contributed by atoms with Crippen molar-refractivity contribution in [3.05, 3.63) is 59.7 Å². The minimum Gasteiger partial charge on any atom is -0.398 e. The number of nitrogens with two attached hydrogens (primary N) is 1. The van der Waals surface area contributed by atoms with E-state index in [2.05, 4.69) is 4.98 Å². The summed E-state index contributed by atoms with van der Waals surface area (Å²) >= 11 is 0. The summed E-state index contributed by atoms with van der Waals surface area (Å²) in [4.78, 5) is 17.9. The normalized spacial score (nSPS) is 10.4. The zero-order chi connectivity index (χ0) is 15.2. The molecule has 2 aromatic rings. The number of benzene rings is 1. The van der Waals surface area contributed by atoms with E-state index in [-0.39, 0.29) is 11.5 Å². The topological polar surface area (TPSA) is 59.2 Å². The van der Waals surface area contributed by atoms with Gasteiger partial charge in [0.05, 0.1) is 11.8 Å². The van der Waals surface area contributed by atoms with Gasteiger partial charge in [0.1, 0.15) is 5.82 Å². The Balaban J connectivity index is 2.22. The van der Waals surface area contributed by atoms with Crippen LogP contribution in [0, 0.1) is 5.82 Å². The van der Waals surface area contributed by atoms with Crippen LogP contribution in [-0.4, -0.2) is 22.3 Å². The van der Waals surface area contributed by atoms with Crippen molar-refractivity contribution in [1.29, 1.82) is 0 Å². The highest BCUT2D eigenvalue weighted by molar-refractivity contribution is 5.93. The van der Waals surface area contributed by atoms with E-state index in [1.54, 1.807) is 11.0 Å². The van der Waals surface area contributed by atoms with Gasteiger partial charge in [-0.15, -0.1) is 0 Å². The van der Waals surface area contributed by atoms with Crippen molar-refractivity contribution in [2.24, 2.45) is 0 Å². The zero-order valence-corrected chi connectivity index (χ0v) is 11.9. The molecule has 0 aliphatic carbocycles. The average molecular weight is 287 g/mol. The van der Waals surface area contributed by atoms with Crippen molar-refractivity contribution < 1.29 is 9.18 Å². The number of pyridine rings is 1. The van der Waals surface area contributed by atoms with Gasteiger partial charge in [-0.3, -0.25) is 9.78 Å². The van der Waals surface area contributed by atoms with Crippen LogP contribution in [0.4, 0.5) is 10.1 Å². The maximum Gasteiger partial charge on any atom is 0.255 e. The van der Waals surface area contributed by atoms with Crippen LogP contribution in [0.15, 0.2) is 42.7 Å². The standard InChI is InChI=1S/C16H18FN3O/c1-2-7-20(11-12-5-3-4-6-15(12)18)16(21)13-8-14(17)10-19-9-13/h3-6,8-10H,2,7,11,18H2,1H3. The summed E-state index contributed by atoms with van der Waals surface area (Å²) in [7, 11) is 0. The highest BCUT2D eigenvalue weighted by atomic mass is 19.1. The number of hydrogen-bond donors (Lipinski definition) is 1. The maximum absolute atomic E-state index is 13.2. The predicted octanol–water partition coefficient (Wildman–Crippen LogP) is 2.86. The highest BCUT2D eigenvalue weighted by Crippen LogP contribution is 2.16. The van der Waals surface area contributed by atoms with Crippen molar-refractivity contribution >= 4 is 11.6 Å². The highest BCUT2D eigenvalue weighted by Gasteiger charge is 2.17. The molecule has 0 aliphatic rings. The van der Waals surface area contributed by atoms with Gasteiger partial charge >= 0.3 is 0 Å². The lowest BCUT2D eigenvalue weighted by molar-refractivity contribution is 0.0742. The van der Waals surface area contributed by atoms with E-state index in [9.17, 15) is 9.18 Å². The number of amides is 1. The van der Waals surface area contributed by atoms with Gasteiger partial charge in [0.2, 0.25) is 0 Å². The Hall–Kier alpha value is -2.43. The van der Waals surface area contributed by atoms with Crippen LogP contribution in [0.3, 0.4) is 0 Å². The van der Waals surface area contributed by atoms with Gasteiger partial charge in [-0.2, -0.15) is 0 Å². The van der Waals surface area contributed by atoms with Crippen molar-refractivity contribution in [1.82, 2.24) is 9.88 Å². The second kappa shape index (κ2) is 6.83. The first-order chi connectivity index (χ1) is 10.1. The molecule has 1 aromatic carbocycles. The first-order valence-corrected chi connectivity index (χ1v) is 6.85. The molecule has 4 nitrogen and oxygen atoms in total. The molecule has 21 heavy (non-hydrogen) atoms. The van der Waals surface area contributed by atoms with Crippen LogP contribution in [0.25, 0.3) is 0 Å². The number of hydrogen-bond acceptors (Lipinski definition) is 3.